The fourth-order valence-corrected chi connectivity index (χ4v) is 8.86. The highest BCUT2D eigenvalue weighted by Gasteiger charge is 2.40. The summed E-state index contributed by atoms with van der Waals surface area (Å²) >= 11 is 12.7. The number of ketones is 1. The zero-order chi connectivity index (χ0) is 42.2. The highest BCUT2D eigenvalue weighted by atomic mass is 35.5. The molecule has 1 aromatic heterocycles. The topological polar surface area (TPSA) is 175 Å². The largest absolute Gasteiger partial charge is 0.462 e. The van der Waals surface area contributed by atoms with E-state index >= 15 is 0 Å². The zero-order valence-corrected chi connectivity index (χ0v) is 36.0. The van der Waals surface area contributed by atoms with Gasteiger partial charge < -0.3 is 19.3 Å². The first-order chi connectivity index (χ1) is 26.7. The third kappa shape index (κ3) is 12.7. The Kier molecular flexibility index (Phi) is 15.7. The molecule has 310 valence electrons. The number of amides is 1. The molecular weight excluding hydrogens is 796 g/mol. The van der Waals surface area contributed by atoms with Crippen molar-refractivity contribution < 1.29 is 42.5 Å². The molecule has 1 aliphatic heterocycles. The first-order valence-corrected chi connectivity index (χ1v) is 21.2. The highest BCUT2D eigenvalue weighted by Crippen LogP contribution is 2.49. The lowest BCUT2D eigenvalue weighted by molar-refractivity contribution is -0.156. The Balaban J connectivity index is 1.57. The van der Waals surface area contributed by atoms with Crippen LogP contribution < -0.4 is 14.9 Å². The maximum Gasteiger partial charge on any atom is 0.393 e. The Morgan fingerprint density at radius 1 is 0.930 bits per heavy atom. The molecule has 2 heterocycles. The van der Waals surface area contributed by atoms with Gasteiger partial charge in [0.05, 0.1) is 34.1 Å². The van der Waals surface area contributed by atoms with Crippen LogP contribution in [0.25, 0.3) is 0 Å². The Hall–Kier alpha value is -4.07. The van der Waals surface area contributed by atoms with E-state index in [-0.39, 0.29) is 64.8 Å². The molecule has 2 aromatic carbocycles. The number of aromatic nitrogens is 2. The van der Waals surface area contributed by atoms with Crippen molar-refractivity contribution in [3.05, 3.63) is 81.6 Å². The van der Waals surface area contributed by atoms with Crippen molar-refractivity contribution in [3.8, 4) is 5.75 Å². The molecular formula is C40H52Cl2N5O9P. The van der Waals surface area contributed by atoms with Crippen LogP contribution >= 0.6 is 30.9 Å². The zero-order valence-electron chi connectivity index (χ0n) is 33.5. The van der Waals surface area contributed by atoms with Gasteiger partial charge in [-0.15, -0.1) is 0 Å². The number of hydrogen-bond acceptors (Lipinski definition) is 10. The summed E-state index contributed by atoms with van der Waals surface area (Å²) in [5.41, 5.74) is -0.721. The number of carbonyl (C=O) groups excluding carboxylic acids is 5. The minimum absolute atomic E-state index is 0.0613. The van der Waals surface area contributed by atoms with Crippen molar-refractivity contribution in [2.24, 2.45) is 11.8 Å². The fourth-order valence-electron chi connectivity index (χ4n) is 6.16. The number of hydrogen-bond donors (Lipinski definition) is 2. The van der Waals surface area contributed by atoms with Crippen LogP contribution in [-0.4, -0.2) is 80.9 Å². The van der Waals surface area contributed by atoms with Crippen LogP contribution in [0.15, 0.2) is 54.7 Å². The van der Waals surface area contributed by atoms with Crippen molar-refractivity contribution >= 4 is 60.4 Å². The molecule has 0 spiro atoms. The molecule has 1 unspecified atom stereocenters. The second-order valence-corrected chi connectivity index (χ2v) is 18.4. The van der Waals surface area contributed by atoms with Crippen molar-refractivity contribution in [3.63, 3.8) is 0 Å². The van der Waals surface area contributed by atoms with Gasteiger partial charge in [0.15, 0.2) is 11.5 Å². The van der Waals surface area contributed by atoms with E-state index in [9.17, 15) is 28.5 Å². The summed E-state index contributed by atoms with van der Waals surface area (Å²) in [7, 11) is -3.87. The van der Waals surface area contributed by atoms with Gasteiger partial charge >= 0.3 is 19.6 Å². The predicted octanol–water partition coefficient (Wildman–Crippen LogP) is 7.57. The Bertz CT molecular complexity index is 1950. The van der Waals surface area contributed by atoms with Gasteiger partial charge in [0.2, 0.25) is 0 Å². The number of rotatable bonds is 16. The molecule has 3 atom stereocenters. The highest BCUT2D eigenvalue weighted by molar-refractivity contribution is 7.54. The number of halogens is 2. The molecule has 1 amide bonds. The molecule has 2 N–H and O–H groups in total. The van der Waals surface area contributed by atoms with Gasteiger partial charge in [-0.1, -0.05) is 61.3 Å². The smallest absolute Gasteiger partial charge is 0.393 e. The Morgan fingerprint density at radius 2 is 1.54 bits per heavy atom. The van der Waals surface area contributed by atoms with Crippen LogP contribution in [0.5, 0.6) is 5.75 Å². The normalized spacial score (nSPS) is 16.1. The summed E-state index contributed by atoms with van der Waals surface area (Å²) in [4.78, 5) is 67.0. The van der Waals surface area contributed by atoms with Gasteiger partial charge in [-0.05, 0) is 84.6 Å². The number of ether oxygens (including phenoxy) is 2. The van der Waals surface area contributed by atoms with E-state index in [4.69, 9.17) is 37.2 Å². The van der Waals surface area contributed by atoms with E-state index in [1.807, 2.05) is 0 Å². The molecule has 1 saturated heterocycles. The summed E-state index contributed by atoms with van der Waals surface area (Å²) in [6, 6.07) is 11.8. The summed E-state index contributed by atoms with van der Waals surface area (Å²) in [6.07, 6.45) is 1.02. The van der Waals surface area contributed by atoms with Gasteiger partial charge in [-0.25, -0.2) is 19.0 Å². The third-order valence-electron chi connectivity index (χ3n) is 8.97. The Labute approximate surface area is 343 Å². The second-order valence-electron chi connectivity index (χ2n) is 15.6. The fraction of sp³-hybridized carbons (Fsp3) is 0.500. The molecule has 0 radical (unpaired) electrons. The van der Waals surface area contributed by atoms with Crippen LogP contribution in [0, 0.1) is 11.8 Å². The number of nitrogens with zero attached hydrogens (tertiary/aromatic N) is 3. The molecule has 57 heavy (non-hydrogen) atoms. The number of Topliss-reactive ketones (excluding diaryl/α,β-unsaturated/α-hetero) is 1. The van der Waals surface area contributed by atoms with Crippen molar-refractivity contribution in [2.45, 2.75) is 105 Å². The SMILES string of the molecule is CC(C)OC(=O)[C@H](C)NP(=O)(Oc1ccccc1)N1CCC(NC(=O)c2nn(C(=O)[C@@H](CC(=O)OC(C)(C)C)C(C)C)cc2CC(=O)c2c(Cl)cccc2Cl)CC1. The monoisotopic (exact) mass is 847 g/mol. The lowest BCUT2D eigenvalue weighted by Gasteiger charge is -2.37. The number of benzene rings is 2. The predicted molar refractivity (Wildman–Crippen MR) is 217 cm³/mol. The van der Waals surface area contributed by atoms with E-state index in [1.165, 1.54) is 18.3 Å². The van der Waals surface area contributed by atoms with E-state index in [0.29, 0.717) is 18.6 Å². The molecule has 17 heteroatoms. The third-order valence-corrected chi connectivity index (χ3v) is 11.9. The molecule has 0 aliphatic carbocycles. The number of esters is 2. The van der Waals surface area contributed by atoms with Gasteiger partial charge in [0.1, 0.15) is 17.4 Å². The van der Waals surface area contributed by atoms with Crippen molar-refractivity contribution in [1.29, 1.82) is 0 Å². The molecule has 3 aromatic rings. The lowest BCUT2D eigenvalue weighted by atomic mass is 9.91. The van der Waals surface area contributed by atoms with Crippen LogP contribution in [0.1, 0.15) is 106 Å². The van der Waals surface area contributed by atoms with E-state index in [2.05, 4.69) is 15.5 Å². The molecule has 0 bridgehead atoms. The second kappa shape index (κ2) is 19.6. The average molecular weight is 849 g/mol. The summed E-state index contributed by atoms with van der Waals surface area (Å²) in [5, 5.41) is 10.5. The number of carbonyl (C=O) groups is 5. The van der Waals surface area contributed by atoms with E-state index in [0.717, 1.165) is 4.68 Å². The first kappa shape index (κ1) is 45.6. The summed E-state index contributed by atoms with van der Waals surface area (Å²) in [6.45, 7) is 14.2. The summed E-state index contributed by atoms with van der Waals surface area (Å²) < 4.78 is 33.9. The minimum atomic E-state index is -3.87. The van der Waals surface area contributed by atoms with Crippen LogP contribution in [0.4, 0.5) is 0 Å². The number of nitrogens with one attached hydrogen (secondary N) is 2. The van der Waals surface area contributed by atoms with E-state index < -0.39 is 60.8 Å². The van der Waals surface area contributed by atoms with E-state index in [1.54, 1.807) is 96.5 Å². The van der Waals surface area contributed by atoms with Gasteiger partial charge in [0, 0.05) is 37.3 Å². The number of piperidine rings is 1. The quantitative estimate of drug-likeness (QED) is 0.0823. The standard InChI is InChI=1S/C40H52Cl2N5O9P/c1-24(2)30(22-34(49)55-40(6,7)8)38(51)47-23-27(21-33(48)35-31(41)15-12-16-32(35)42)36(44-47)37(50)43-28-17-19-46(20-18-28)57(53,56-29-13-10-9-11-14-29)45-26(5)39(52)54-25(3)4/h9-16,23-26,28,30H,17-22H2,1-8H3,(H,43,50)(H,45,53)/t26-,30-,57?/m0/s1. The molecule has 1 aliphatic rings. The molecule has 1 fully saturated rings. The van der Waals surface area contributed by atoms with Crippen molar-refractivity contribution in [2.75, 3.05) is 13.1 Å². The lowest BCUT2D eigenvalue weighted by Crippen LogP contribution is -2.47. The molecule has 0 saturated carbocycles. The maximum atomic E-state index is 14.5. The summed E-state index contributed by atoms with van der Waals surface area (Å²) in [5.74, 6) is -3.66. The molecule has 14 nitrogen and oxygen atoms in total. The Morgan fingerprint density at radius 3 is 2.11 bits per heavy atom. The van der Waals surface area contributed by atoms with Crippen LogP contribution in [0.3, 0.4) is 0 Å². The minimum Gasteiger partial charge on any atom is -0.462 e. The van der Waals surface area contributed by atoms with Crippen LogP contribution in [0.2, 0.25) is 10.0 Å². The van der Waals surface area contributed by atoms with Crippen LogP contribution in [-0.2, 0) is 30.0 Å². The number of para-hydroxylation sites is 1. The molecule has 4 rings (SSSR count). The van der Waals surface area contributed by atoms with Gasteiger partial charge in [-0.2, -0.15) is 5.10 Å². The average Bonchev–Trinajstić information content (AvgIpc) is 3.53. The van der Waals surface area contributed by atoms with Gasteiger partial charge in [-0.3, -0.25) is 24.0 Å². The van der Waals surface area contributed by atoms with Gasteiger partial charge in [0.25, 0.3) is 11.8 Å². The maximum absolute atomic E-state index is 14.5. The first-order valence-electron chi connectivity index (χ1n) is 18.9. The van der Waals surface area contributed by atoms with Crippen molar-refractivity contribution in [1.82, 2.24) is 24.9 Å².